The molecule has 0 unspecified atom stereocenters. The Kier molecular flexibility index (Phi) is 6.11. The number of methoxy groups -OCH3 is 1. The molecule has 1 aromatic rings. The number of aromatic nitrogens is 2. The molecule has 1 rings (SSSR count). The zero-order valence-corrected chi connectivity index (χ0v) is 11.5. The number of rotatable bonds is 7. The van der Waals surface area contributed by atoms with Crippen LogP contribution in [0.1, 0.15) is 6.42 Å². The first-order valence-electron chi connectivity index (χ1n) is 5.77. The highest BCUT2D eigenvalue weighted by atomic mass is 35.5. The third kappa shape index (κ3) is 3.69. The Labute approximate surface area is 111 Å². The smallest absolute Gasteiger partial charge is 0.287 e. The Morgan fingerprint density at radius 1 is 1.61 bits per heavy atom. The summed E-state index contributed by atoms with van der Waals surface area (Å²) in [7, 11) is 3.43. The van der Waals surface area contributed by atoms with Crippen LogP contribution < -0.4 is 16.2 Å². The molecule has 2 N–H and O–H groups in total. The summed E-state index contributed by atoms with van der Waals surface area (Å²) in [6.07, 6.45) is 2.43. The first kappa shape index (κ1) is 14.9. The SMILES string of the molecule is COCCn1ncc(N(C)CCCN)c(Cl)c1=O. The number of nitrogens with two attached hydrogens (primary N) is 1. The fourth-order valence-electron chi connectivity index (χ4n) is 1.51. The monoisotopic (exact) mass is 274 g/mol. The number of anilines is 1. The number of halogens is 1. The summed E-state index contributed by atoms with van der Waals surface area (Å²) >= 11 is 6.06. The second kappa shape index (κ2) is 7.35. The van der Waals surface area contributed by atoms with Crippen molar-refractivity contribution in [3.8, 4) is 0 Å². The van der Waals surface area contributed by atoms with Gasteiger partial charge in [0.05, 0.1) is 25.0 Å². The lowest BCUT2D eigenvalue weighted by molar-refractivity contribution is 0.182. The third-order valence-electron chi connectivity index (χ3n) is 2.58. The highest BCUT2D eigenvalue weighted by Gasteiger charge is 2.12. The normalized spacial score (nSPS) is 10.7. The van der Waals surface area contributed by atoms with Crippen molar-refractivity contribution in [2.75, 3.05) is 38.8 Å². The molecule has 0 spiro atoms. The van der Waals surface area contributed by atoms with E-state index >= 15 is 0 Å². The van der Waals surface area contributed by atoms with Crippen LogP contribution in [0, 0.1) is 0 Å². The maximum atomic E-state index is 11.9. The molecule has 1 aromatic heterocycles. The lowest BCUT2D eigenvalue weighted by atomic mass is 10.3. The molecule has 102 valence electrons. The summed E-state index contributed by atoms with van der Waals surface area (Å²) in [5.41, 5.74) is 5.78. The Morgan fingerprint density at radius 2 is 2.33 bits per heavy atom. The van der Waals surface area contributed by atoms with Crippen LogP contribution in [0.3, 0.4) is 0 Å². The second-order valence-electron chi connectivity index (χ2n) is 3.93. The quantitative estimate of drug-likeness (QED) is 0.776. The van der Waals surface area contributed by atoms with Gasteiger partial charge in [0.15, 0.2) is 0 Å². The van der Waals surface area contributed by atoms with E-state index in [1.807, 2.05) is 11.9 Å². The minimum atomic E-state index is -0.300. The molecule has 0 aliphatic rings. The molecule has 0 atom stereocenters. The lowest BCUT2D eigenvalue weighted by Crippen LogP contribution is -2.29. The molecule has 0 amide bonds. The van der Waals surface area contributed by atoms with E-state index in [-0.39, 0.29) is 10.6 Å². The minimum absolute atomic E-state index is 0.181. The average molecular weight is 275 g/mol. The van der Waals surface area contributed by atoms with Crippen molar-refractivity contribution in [1.82, 2.24) is 9.78 Å². The lowest BCUT2D eigenvalue weighted by Gasteiger charge is -2.19. The zero-order valence-electron chi connectivity index (χ0n) is 10.7. The molecule has 0 saturated heterocycles. The van der Waals surface area contributed by atoms with Crippen molar-refractivity contribution in [3.63, 3.8) is 0 Å². The second-order valence-corrected chi connectivity index (χ2v) is 4.31. The molecule has 0 fully saturated rings. The van der Waals surface area contributed by atoms with Crippen LogP contribution in [0.4, 0.5) is 5.69 Å². The van der Waals surface area contributed by atoms with E-state index in [1.165, 1.54) is 4.68 Å². The van der Waals surface area contributed by atoms with Crippen molar-refractivity contribution in [3.05, 3.63) is 21.6 Å². The van der Waals surface area contributed by atoms with E-state index in [0.717, 1.165) is 13.0 Å². The fraction of sp³-hybridized carbons (Fsp3) is 0.636. The summed E-state index contributed by atoms with van der Waals surface area (Å²) in [6.45, 7) is 2.15. The molecular weight excluding hydrogens is 256 g/mol. The van der Waals surface area contributed by atoms with Gasteiger partial charge < -0.3 is 15.4 Å². The van der Waals surface area contributed by atoms with Crippen LogP contribution >= 0.6 is 11.6 Å². The Hall–Kier alpha value is -1.11. The van der Waals surface area contributed by atoms with Crippen molar-refractivity contribution in [2.45, 2.75) is 13.0 Å². The summed E-state index contributed by atoms with van der Waals surface area (Å²) in [4.78, 5) is 13.8. The number of nitrogens with zero attached hydrogens (tertiary/aromatic N) is 3. The molecule has 0 aromatic carbocycles. The maximum absolute atomic E-state index is 11.9. The topological polar surface area (TPSA) is 73.4 Å². The van der Waals surface area contributed by atoms with Gasteiger partial charge in [-0.2, -0.15) is 5.10 Å². The van der Waals surface area contributed by atoms with Crippen molar-refractivity contribution in [2.24, 2.45) is 5.73 Å². The van der Waals surface area contributed by atoms with Crippen molar-refractivity contribution in [1.29, 1.82) is 0 Å². The molecular formula is C11H19ClN4O2. The van der Waals surface area contributed by atoms with Gasteiger partial charge in [-0.25, -0.2) is 4.68 Å². The summed E-state index contributed by atoms with van der Waals surface area (Å²) < 4.78 is 6.20. The molecule has 0 saturated carbocycles. The van der Waals surface area contributed by atoms with Crippen LogP contribution in [-0.2, 0) is 11.3 Å². The van der Waals surface area contributed by atoms with E-state index in [0.29, 0.717) is 25.4 Å². The average Bonchev–Trinajstić information content (AvgIpc) is 2.37. The maximum Gasteiger partial charge on any atom is 0.287 e. The van der Waals surface area contributed by atoms with E-state index < -0.39 is 0 Å². The Bertz CT molecular complexity index is 436. The molecule has 0 bridgehead atoms. The van der Waals surface area contributed by atoms with Gasteiger partial charge in [0, 0.05) is 20.7 Å². The predicted molar refractivity (Wildman–Crippen MR) is 72.3 cm³/mol. The van der Waals surface area contributed by atoms with Gasteiger partial charge in [-0.1, -0.05) is 11.6 Å². The standard InChI is InChI=1S/C11H19ClN4O2/c1-15(5-3-4-13)9-8-14-16(6-7-18-2)11(17)10(9)12/h8H,3-7,13H2,1-2H3. The van der Waals surface area contributed by atoms with E-state index in [9.17, 15) is 4.79 Å². The predicted octanol–water partition coefficient (Wildman–Crippen LogP) is 0.328. The molecule has 6 nitrogen and oxygen atoms in total. The van der Waals surface area contributed by atoms with Crippen molar-refractivity contribution < 1.29 is 4.74 Å². The van der Waals surface area contributed by atoms with Crippen LogP contribution in [-0.4, -0.2) is 43.6 Å². The highest BCUT2D eigenvalue weighted by Crippen LogP contribution is 2.19. The summed E-state index contributed by atoms with van der Waals surface area (Å²) in [5.74, 6) is 0. The Morgan fingerprint density at radius 3 is 2.94 bits per heavy atom. The van der Waals surface area contributed by atoms with Crippen LogP contribution in [0.25, 0.3) is 0 Å². The molecule has 0 radical (unpaired) electrons. The van der Waals surface area contributed by atoms with Gasteiger partial charge in [0.2, 0.25) is 0 Å². The number of hydrogen-bond donors (Lipinski definition) is 1. The zero-order chi connectivity index (χ0) is 13.5. The number of ether oxygens (including phenoxy) is 1. The van der Waals surface area contributed by atoms with E-state index in [2.05, 4.69) is 5.10 Å². The largest absolute Gasteiger partial charge is 0.383 e. The molecule has 18 heavy (non-hydrogen) atoms. The van der Waals surface area contributed by atoms with Gasteiger partial charge in [-0.05, 0) is 13.0 Å². The van der Waals surface area contributed by atoms with E-state index in [4.69, 9.17) is 22.1 Å². The van der Waals surface area contributed by atoms with Crippen LogP contribution in [0.2, 0.25) is 5.02 Å². The van der Waals surface area contributed by atoms with Gasteiger partial charge >= 0.3 is 0 Å². The number of hydrogen-bond acceptors (Lipinski definition) is 5. The first-order valence-corrected chi connectivity index (χ1v) is 6.15. The molecule has 7 heteroatoms. The highest BCUT2D eigenvalue weighted by molar-refractivity contribution is 6.33. The summed E-state index contributed by atoms with van der Waals surface area (Å²) in [6, 6.07) is 0. The molecule has 0 aliphatic carbocycles. The van der Waals surface area contributed by atoms with Gasteiger partial charge in [-0.3, -0.25) is 4.79 Å². The van der Waals surface area contributed by atoms with E-state index in [1.54, 1.807) is 13.3 Å². The van der Waals surface area contributed by atoms with Crippen LogP contribution in [0.5, 0.6) is 0 Å². The van der Waals surface area contributed by atoms with Crippen LogP contribution in [0.15, 0.2) is 11.0 Å². The van der Waals surface area contributed by atoms with Crippen molar-refractivity contribution >= 4 is 17.3 Å². The third-order valence-corrected chi connectivity index (χ3v) is 2.94. The molecule has 0 aliphatic heterocycles. The van der Waals surface area contributed by atoms with Gasteiger partial charge in [0.25, 0.3) is 5.56 Å². The minimum Gasteiger partial charge on any atom is -0.383 e. The molecule has 1 heterocycles. The van der Waals surface area contributed by atoms with Gasteiger partial charge in [0.1, 0.15) is 5.02 Å². The summed E-state index contributed by atoms with van der Waals surface area (Å²) in [5, 5.41) is 4.25. The fourth-order valence-corrected chi connectivity index (χ4v) is 1.80. The Balaban J connectivity index is 2.89. The first-order chi connectivity index (χ1) is 8.61. The van der Waals surface area contributed by atoms with Gasteiger partial charge in [-0.15, -0.1) is 0 Å².